The lowest BCUT2D eigenvalue weighted by Crippen LogP contribution is -2.47. The number of benzene rings is 1. The molecular formula is C17H22N2O. The molecule has 1 heterocycles. The fraction of sp³-hybridized carbons (Fsp3) is 0.471. The minimum absolute atomic E-state index is 0.138. The highest BCUT2D eigenvalue weighted by Crippen LogP contribution is 2.39. The smallest absolute Gasteiger partial charge is 0.0705 e. The van der Waals surface area contributed by atoms with Crippen LogP contribution in [0.25, 0.3) is 10.9 Å². The molecule has 106 valence electrons. The summed E-state index contributed by atoms with van der Waals surface area (Å²) in [4.78, 5) is 4.52. The number of hydrogen-bond donors (Lipinski definition) is 2. The number of aliphatic hydroxyl groups is 1. The molecule has 0 spiro atoms. The molecule has 1 aromatic heterocycles. The molecule has 3 heteroatoms. The first-order valence-corrected chi connectivity index (χ1v) is 7.33. The van der Waals surface area contributed by atoms with E-state index in [9.17, 15) is 5.11 Å². The van der Waals surface area contributed by atoms with Gasteiger partial charge in [0, 0.05) is 23.2 Å². The van der Waals surface area contributed by atoms with Crippen molar-refractivity contribution in [3.63, 3.8) is 0 Å². The van der Waals surface area contributed by atoms with Gasteiger partial charge in [0.15, 0.2) is 0 Å². The Morgan fingerprint density at radius 1 is 1.30 bits per heavy atom. The summed E-state index contributed by atoms with van der Waals surface area (Å²) in [7, 11) is 0. The molecule has 1 fully saturated rings. The lowest BCUT2D eigenvalue weighted by atomic mass is 9.96. The van der Waals surface area contributed by atoms with Crippen LogP contribution < -0.4 is 5.32 Å². The van der Waals surface area contributed by atoms with Crippen LogP contribution in [0.2, 0.25) is 0 Å². The van der Waals surface area contributed by atoms with Gasteiger partial charge in [-0.2, -0.15) is 0 Å². The number of nitrogens with one attached hydrogen (secondary N) is 1. The normalized spacial score (nSPS) is 18.1. The lowest BCUT2D eigenvalue weighted by Gasteiger charge is -2.29. The van der Waals surface area contributed by atoms with Gasteiger partial charge in [0.05, 0.1) is 12.1 Å². The van der Waals surface area contributed by atoms with Crippen molar-refractivity contribution < 1.29 is 5.11 Å². The predicted molar refractivity (Wildman–Crippen MR) is 81.5 cm³/mol. The van der Waals surface area contributed by atoms with Crippen molar-refractivity contribution in [1.82, 2.24) is 10.3 Å². The van der Waals surface area contributed by atoms with Crippen LogP contribution in [0.1, 0.15) is 31.0 Å². The number of aromatic nitrogens is 1. The van der Waals surface area contributed by atoms with E-state index < -0.39 is 0 Å². The number of hydrogen-bond acceptors (Lipinski definition) is 3. The SMILES string of the molecule is Cc1ccc2cc(CN[C@](C)(CO)C3CC3)ccc2n1. The van der Waals surface area contributed by atoms with E-state index in [-0.39, 0.29) is 12.1 Å². The summed E-state index contributed by atoms with van der Waals surface area (Å²) < 4.78 is 0. The van der Waals surface area contributed by atoms with Gasteiger partial charge in [0.1, 0.15) is 0 Å². The maximum Gasteiger partial charge on any atom is 0.0705 e. The number of rotatable bonds is 5. The molecule has 1 aliphatic carbocycles. The first-order valence-electron chi connectivity index (χ1n) is 7.33. The molecular weight excluding hydrogens is 248 g/mol. The fourth-order valence-electron chi connectivity index (χ4n) is 2.74. The molecule has 20 heavy (non-hydrogen) atoms. The van der Waals surface area contributed by atoms with E-state index in [1.54, 1.807) is 0 Å². The average Bonchev–Trinajstić information content (AvgIpc) is 3.29. The zero-order valence-corrected chi connectivity index (χ0v) is 12.2. The zero-order chi connectivity index (χ0) is 14.2. The van der Waals surface area contributed by atoms with E-state index in [0.717, 1.165) is 17.8 Å². The summed E-state index contributed by atoms with van der Waals surface area (Å²) in [5.41, 5.74) is 3.19. The van der Waals surface area contributed by atoms with Gasteiger partial charge in [0.2, 0.25) is 0 Å². The van der Waals surface area contributed by atoms with Gasteiger partial charge in [-0.05, 0) is 56.4 Å². The Morgan fingerprint density at radius 3 is 2.80 bits per heavy atom. The minimum atomic E-state index is -0.138. The monoisotopic (exact) mass is 270 g/mol. The Hall–Kier alpha value is -1.45. The zero-order valence-electron chi connectivity index (χ0n) is 12.2. The lowest BCUT2D eigenvalue weighted by molar-refractivity contribution is 0.153. The highest BCUT2D eigenvalue weighted by molar-refractivity contribution is 5.79. The molecule has 2 aromatic rings. The molecule has 1 saturated carbocycles. The first kappa shape index (κ1) is 13.5. The quantitative estimate of drug-likeness (QED) is 0.878. The van der Waals surface area contributed by atoms with Gasteiger partial charge in [0.25, 0.3) is 0 Å². The molecule has 1 aromatic carbocycles. The van der Waals surface area contributed by atoms with Crippen LogP contribution in [0.5, 0.6) is 0 Å². The third kappa shape index (κ3) is 2.69. The van der Waals surface area contributed by atoms with Crippen LogP contribution in [0.3, 0.4) is 0 Å². The van der Waals surface area contributed by atoms with Gasteiger partial charge in [-0.15, -0.1) is 0 Å². The summed E-state index contributed by atoms with van der Waals surface area (Å²) in [5, 5.41) is 14.3. The molecule has 0 bridgehead atoms. The van der Waals surface area contributed by atoms with Crippen LogP contribution in [0.15, 0.2) is 30.3 Å². The molecule has 0 amide bonds. The van der Waals surface area contributed by atoms with Gasteiger partial charge < -0.3 is 10.4 Å². The number of nitrogens with zero attached hydrogens (tertiary/aromatic N) is 1. The molecule has 0 saturated heterocycles. The standard InChI is InChI=1S/C17H22N2O/c1-12-3-5-14-9-13(4-8-16(14)19-12)10-18-17(2,11-20)15-6-7-15/h3-5,8-9,15,18,20H,6-7,10-11H2,1-2H3/t17-/m1/s1. The highest BCUT2D eigenvalue weighted by Gasteiger charge is 2.40. The number of aryl methyl sites for hydroxylation is 1. The highest BCUT2D eigenvalue weighted by atomic mass is 16.3. The van der Waals surface area contributed by atoms with Crippen molar-refractivity contribution >= 4 is 10.9 Å². The predicted octanol–water partition coefficient (Wildman–Crippen LogP) is 2.79. The minimum Gasteiger partial charge on any atom is -0.394 e. The van der Waals surface area contributed by atoms with Crippen LogP contribution >= 0.6 is 0 Å². The first-order chi connectivity index (χ1) is 9.60. The van der Waals surface area contributed by atoms with Crippen molar-refractivity contribution in [1.29, 1.82) is 0 Å². The third-order valence-electron chi connectivity index (χ3n) is 4.40. The van der Waals surface area contributed by atoms with E-state index in [2.05, 4.69) is 41.5 Å². The van der Waals surface area contributed by atoms with Crippen molar-refractivity contribution in [3.05, 3.63) is 41.6 Å². The van der Waals surface area contributed by atoms with Crippen molar-refractivity contribution in [3.8, 4) is 0 Å². The second-order valence-corrected chi connectivity index (χ2v) is 6.18. The maximum atomic E-state index is 9.60. The topological polar surface area (TPSA) is 45.1 Å². The Morgan fingerprint density at radius 2 is 2.10 bits per heavy atom. The molecule has 0 radical (unpaired) electrons. The molecule has 0 unspecified atom stereocenters. The van der Waals surface area contributed by atoms with E-state index in [1.165, 1.54) is 23.8 Å². The summed E-state index contributed by atoms with van der Waals surface area (Å²) in [6, 6.07) is 10.5. The maximum absolute atomic E-state index is 9.60. The molecule has 3 nitrogen and oxygen atoms in total. The van der Waals surface area contributed by atoms with E-state index in [0.29, 0.717) is 5.92 Å². The Labute approximate surface area is 120 Å². The Kier molecular flexibility index (Phi) is 3.48. The second kappa shape index (κ2) is 5.15. The van der Waals surface area contributed by atoms with E-state index >= 15 is 0 Å². The molecule has 1 aliphatic rings. The second-order valence-electron chi connectivity index (χ2n) is 6.18. The number of aliphatic hydroxyl groups excluding tert-OH is 1. The summed E-state index contributed by atoms with van der Waals surface area (Å²) >= 11 is 0. The van der Waals surface area contributed by atoms with Crippen LogP contribution in [0, 0.1) is 12.8 Å². The fourth-order valence-corrected chi connectivity index (χ4v) is 2.74. The molecule has 3 rings (SSSR count). The molecule has 1 atom stereocenters. The molecule has 0 aliphatic heterocycles. The number of fused-ring (bicyclic) bond motifs is 1. The van der Waals surface area contributed by atoms with Crippen LogP contribution in [-0.4, -0.2) is 22.2 Å². The van der Waals surface area contributed by atoms with Gasteiger partial charge in [-0.3, -0.25) is 4.98 Å². The van der Waals surface area contributed by atoms with Crippen molar-refractivity contribution in [2.45, 2.75) is 38.8 Å². The van der Waals surface area contributed by atoms with Crippen molar-refractivity contribution in [2.24, 2.45) is 5.92 Å². The van der Waals surface area contributed by atoms with Gasteiger partial charge in [-0.1, -0.05) is 12.1 Å². The summed E-state index contributed by atoms with van der Waals surface area (Å²) in [5.74, 6) is 0.622. The van der Waals surface area contributed by atoms with Gasteiger partial charge in [-0.25, -0.2) is 0 Å². The largest absolute Gasteiger partial charge is 0.394 e. The summed E-state index contributed by atoms with van der Waals surface area (Å²) in [6.45, 7) is 5.12. The van der Waals surface area contributed by atoms with Crippen molar-refractivity contribution in [2.75, 3.05) is 6.61 Å². The van der Waals surface area contributed by atoms with Crippen LogP contribution in [-0.2, 0) is 6.54 Å². The third-order valence-corrected chi connectivity index (χ3v) is 4.40. The van der Waals surface area contributed by atoms with Crippen LogP contribution in [0.4, 0.5) is 0 Å². The Bertz CT molecular complexity index is 621. The Balaban J connectivity index is 1.76. The average molecular weight is 270 g/mol. The number of pyridine rings is 1. The van der Waals surface area contributed by atoms with E-state index in [4.69, 9.17) is 0 Å². The van der Waals surface area contributed by atoms with Gasteiger partial charge >= 0.3 is 0 Å². The van der Waals surface area contributed by atoms with E-state index in [1.807, 2.05) is 13.0 Å². The summed E-state index contributed by atoms with van der Waals surface area (Å²) in [6.07, 6.45) is 2.45. The molecule has 2 N–H and O–H groups in total.